The summed E-state index contributed by atoms with van der Waals surface area (Å²) in [7, 11) is 0. The summed E-state index contributed by atoms with van der Waals surface area (Å²) in [5.41, 5.74) is 8.44. The maximum absolute atomic E-state index is 5.93. The Morgan fingerprint density at radius 3 is 2.79 bits per heavy atom. The minimum atomic E-state index is -0.193. The summed E-state index contributed by atoms with van der Waals surface area (Å²) >= 11 is 0. The monoisotopic (exact) mass is 322 g/mol. The fourth-order valence-corrected chi connectivity index (χ4v) is 2.57. The van der Waals surface area contributed by atoms with Gasteiger partial charge in [-0.15, -0.1) is 0 Å². The SMILES string of the molecule is Cc1cc(Oc2ccnc(NC3(C)C=CC=CC3)n2)c(C)cc1N. The number of aryl methyl sites for hydroxylation is 2. The molecule has 1 unspecified atom stereocenters. The molecule has 3 N–H and O–H groups in total. The van der Waals surface area contributed by atoms with Crippen LogP contribution < -0.4 is 15.8 Å². The number of aromatic nitrogens is 2. The first-order valence-corrected chi connectivity index (χ1v) is 7.95. The Kier molecular flexibility index (Phi) is 4.25. The van der Waals surface area contributed by atoms with Gasteiger partial charge in [0.15, 0.2) is 0 Å². The van der Waals surface area contributed by atoms with E-state index in [-0.39, 0.29) is 5.54 Å². The number of hydrogen-bond donors (Lipinski definition) is 2. The van der Waals surface area contributed by atoms with E-state index >= 15 is 0 Å². The van der Waals surface area contributed by atoms with Crippen LogP contribution in [0.15, 0.2) is 48.7 Å². The quantitative estimate of drug-likeness (QED) is 0.827. The summed E-state index contributed by atoms with van der Waals surface area (Å²) in [4.78, 5) is 8.76. The molecule has 3 rings (SSSR count). The molecule has 0 bridgehead atoms. The van der Waals surface area contributed by atoms with Gasteiger partial charge in [-0.3, -0.25) is 0 Å². The second kappa shape index (κ2) is 6.35. The van der Waals surface area contributed by atoms with Gasteiger partial charge in [0, 0.05) is 18.0 Å². The fraction of sp³-hybridized carbons (Fsp3) is 0.263. The molecule has 1 heterocycles. The van der Waals surface area contributed by atoms with Crippen LogP contribution >= 0.6 is 0 Å². The van der Waals surface area contributed by atoms with Crippen LogP contribution in [0.3, 0.4) is 0 Å². The third-order valence-corrected chi connectivity index (χ3v) is 4.06. The Morgan fingerprint density at radius 2 is 2.04 bits per heavy atom. The molecule has 1 aliphatic rings. The van der Waals surface area contributed by atoms with E-state index < -0.39 is 0 Å². The lowest BCUT2D eigenvalue weighted by molar-refractivity contribution is 0.458. The van der Waals surface area contributed by atoms with Crippen LogP contribution in [0.4, 0.5) is 11.6 Å². The van der Waals surface area contributed by atoms with Crippen LogP contribution in [0.2, 0.25) is 0 Å². The maximum atomic E-state index is 5.93. The highest BCUT2D eigenvalue weighted by Gasteiger charge is 2.21. The number of rotatable bonds is 4. The highest BCUT2D eigenvalue weighted by molar-refractivity contribution is 5.54. The first-order valence-electron chi connectivity index (χ1n) is 7.95. The van der Waals surface area contributed by atoms with Crippen molar-refractivity contribution in [1.29, 1.82) is 0 Å². The number of nitrogens with one attached hydrogen (secondary N) is 1. The molecule has 0 spiro atoms. The number of nitrogens with zero attached hydrogens (tertiary/aromatic N) is 2. The second-order valence-electron chi connectivity index (χ2n) is 6.33. The van der Waals surface area contributed by atoms with Crippen LogP contribution in [0.25, 0.3) is 0 Å². The van der Waals surface area contributed by atoms with Crippen molar-refractivity contribution in [3.8, 4) is 11.6 Å². The van der Waals surface area contributed by atoms with Gasteiger partial charge in [0.25, 0.3) is 0 Å². The minimum Gasteiger partial charge on any atom is -0.439 e. The van der Waals surface area contributed by atoms with E-state index in [2.05, 4.69) is 34.4 Å². The zero-order valence-corrected chi connectivity index (χ0v) is 14.2. The van der Waals surface area contributed by atoms with Crippen molar-refractivity contribution in [3.63, 3.8) is 0 Å². The van der Waals surface area contributed by atoms with Gasteiger partial charge >= 0.3 is 0 Å². The van der Waals surface area contributed by atoms with E-state index in [1.807, 2.05) is 38.1 Å². The molecule has 1 atom stereocenters. The molecule has 5 heteroatoms. The molecular weight excluding hydrogens is 300 g/mol. The van der Waals surface area contributed by atoms with Crippen LogP contribution in [-0.2, 0) is 0 Å². The largest absolute Gasteiger partial charge is 0.439 e. The van der Waals surface area contributed by atoms with E-state index in [1.165, 1.54) is 0 Å². The van der Waals surface area contributed by atoms with Gasteiger partial charge in [-0.2, -0.15) is 4.98 Å². The zero-order valence-electron chi connectivity index (χ0n) is 14.2. The molecule has 0 radical (unpaired) electrons. The molecule has 24 heavy (non-hydrogen) atoms. The van der Waals surface area contributed by atoms with E-state index in [1.54, 1.807) is 12.3 Å². The van der Waals surface area contributed by atoms with E-state index in [9.17, 15) is 0 Å². The van der Waals surface area contributed by atoms with Crippen molar-refractivity contribution in [3.05, 3.63) is 59.8 Å². The fourth-order valence-electron chi connectivity index (χ4n) is 2.57. The molecule has 0 amide bonds. The molecule has 2 aromatic rings. The number of hydrogen-bond acceptors (Lipinski definition) is 5. The summed E-state index contributed by atoms with van der Waals surface area (Å²) in [5, 5.41) is 3.36. The molecule has 124 valence electrons. The summed E-state index contributed by atoms with van der Waals surface area (Å²) in [6.07, 6.45) is 10.9. The Labute approximate surface area is 142 Å². The number of allylic oxidation sites excluding steroid dienone is 2. The Morgan fingerprint density at radius 1 is 1.21 bits per heavy atom. The van der Waals surface area contributed by atoms with Crippen LogP contribution in [-0.4, -0.2) is 15.5 Å². The van der Waals surface area contributed by atoms with Crippen LogP contribution in [0.5, 0.6) is 11.6 Å². The van der Waals surface area contributed by atoms with Crippen molar-refractivity contribution in [2.45, 2.75) is 32.7 Å². The van der Waals surface area contributed by atoms with Gasteiger partial charge in [0.1, 0.15) is 5.75 Å². The van der Waals surface area contributed by atoms with Crippen molar-refractivity contribution in [2.24, 2.45) is 0 Å². The third-order valence-electron chi connectivity index (χ3n) is 4.06. The molecule has 0 fully saturated rings. The zero-order chi connectivity index (χ0) is 17.2. The maximum Gasteiger partial charge on any atom is 0.226 e. The van der Waals surface area contributed by atoms with E-state index in [0.717, 1.165) is 29.0 Å². The number of nitrogen functional groups attached to an aromatic ring is 1. The molecule has 0 saturated carbocycles. The Balaban J connectivity index is 1.80. The summed E-state index contributed by atoms with van der Waals surface area (Å²) in [6, 6.07) is 5.58. The van der Waals surface area contributed by atoms with Gasteiger partial charge < -0.3 is 15.8 Å². The van der Waals surface area contributed by atoms with Crippen molar-refractivity contribution in [1.82, 2.24) is 9.97 Å². The lowest BCUT2D eigenvalue weighted by Crippen LogP contribution is -2.33. The number of benzene rings is 1. The van der Waals surface area contributed by atoms with Crippen molar-refractivity contribution < 1.29 is 4.74 Å². The van der Waals surface area contributed by atoms with Gasteiger partial charge in [-0.1, -0.05) is 24.3 Å². The van der Waals surface area contributed by atoms with E-state index in [4.69, 9.17) is 10.5 Å². The summed E-state index contributed by atoms with van der Waals surface area (Å²) < 4.78 is 5.93. The number of anilines is 2. The third kappa shape index (κ3) is 3.56. The van der Waals surface area contributed by atoms with Gasteiger partial charge in [-0.05, 0) is 50.5 Å². The number of nitrogens with two attached hydrogens (primary N) is 1. The van der Waals surface area contributed by atoms with Crippen LogP contribution in [0, 0.1) is 13.8 Å². The lowest BCUT2D eigenvalue weighted by atomic mass is 9.94. The highest BCUT2D eigenvalue weighted by atomic mass is 16.5. The molecule has 0 aliphatic heterocycles. The highest BCUT2D eigenvalue weighted by Crippen LogP contribution is 2.29. The topological polar surface area (TPSA) is 73.1 Å². The molecule has 0 saturated heterocycles. The summed E-state index contributed by atoms with van der Waals surface area (Å²) in [6.45, 7) is 6.03. The smallest absolute Gasteiger partial charge is 0.226 e. The Bertz CT molecular complexity index is 813. The standard InChI is InChI=1S/C19H22N4O/c1-13-12-16(14(2)11-15(13)20)24-17-7-10-21-18(22-17)23-19(3)8-5-4-6-9-19/h4-8,10-12H,9,20H2,1-3H3,(H,21,22,23). The first-order chi connectivity index (χ1) is 11.5. The van der Waals surface area contributed by atoms with Gasteiger partial charge in [-0.25, -0.2) is 4.98 Å². The van der Waals surface area contributed by atoms with Crippen molar-refractivity contribution in [2.75, 3.05) is 11.1 Å². The Hall–Kier alpha value is -2.82. The van der Waals surface area contributed by atoms with Gasteiger partial charge in [0.2, 0.25) is 11.8 Å². The van der Waals surface area contributed by atoms with Crippen molar-refractivity contribution >= 4 is 11.6 Å². The van der Waals surface area contributed by atoms with Crippen LogP contribution in [0.1, 0.15) is 24.5 Å². The molecular formula is C19H22N4O. The predicted octanol–water partition coefficient (Wildman–Crippen LogP) is 4.15. The average Bonchev–Trinajstić information content (AvgIpc) is 2.53. The first kappa shape index (κ1) is 16.1. The van der Waals surface area contributed by atoms with E-state index in [0.29, 0.717) is 11.8 Å². The molecule has 1 aliphatic carbocycles. The molecule has 5 nitrogen and oxygen atoms in total. The summed E-state index contributed by atoms with van der Waals surface area (Å²) in [5.74, 6) is 1.79. The van der Waals surface area contributed by atoms with Gasteiger partial charge in [0.05, 0.1) is 5.54 Å². The lowest BCUT2D eigenvalue weighted by Gasteiger charge is -2.27. The number of ether oxygens (including phenoxy) is 1. The predicted molar refractivity (Wildman–Crippen MR) is 97.4 cm³/mol. The molecule has 1 aromatic heterocycles. The minimum absolute atomic E-state index is 0.193. The second-order valence-corrected chi connectivity index (χ2v) is 6.33. The molecule has 1 aromatic carbocycles. The normalized spacial score (nSPS) is 19.3. The average molecular weight is 322 g/mol.